The van der Waals surface area contributed by atoms with Gasteiger partial charge in [0.1, 0.15) is 36.2 Å². The maximum Gasteiger partial charge on any atom is 0.407 e. The van der Waals surface area contributed by atoms with Crippen LogP contribution in [0.1, 0.15) is 12.1 Å². The molecule has 6 aromatic rings. The van der Waals surface area contributed by atoms with Gasteiger partial charge >= 0.3 is 12.1 Å². The number of halogens is 3. The van der Waals surface area contributed by atoms with Crippen LogP contribution < -0.4 is 9.64 Å². The van der Waals surface area contributed by atoms with Crippen molar-refractivity contribution < 1.29 is 28.2 Å². The lowest BCUT2D eigenvalue weighted by molar-refractivity contribution is 0.0858. The Morgan fingerprint density at radius 1 is 1.11 bits per heavy atom. The van der Waals surface area contributed by atoms with Crippen molar-refractivity contribution in [2.75, 3.05) is 31.1 Å². The van der Waals surface area contributed by atoms with Gasteiger partial charge in [0.15, 0.2) is 5.82 Å². The van der Waals surface area contributed by atoms with E-state index in [4.69, 9.17) is 26.1 Å². The minimum atomic E-state index is -1.31. The van der Waals surface area contributed by atoms with E-state index in [2.05, 4.69) is 40.7 Å². The Morgan fingerprint density at radius 3 is 2.72 bits per heavy atom. The number of nitriles is 1. The minimum Gasteiger partial charge on any atom is -0.465 e. The number of benzene rings is 2. The number of ether oxygens (including phenoxy) is 2. The SMILES string of the molecule is C[Si](C)(C)CCOCn1c(COc2nc(N3CCN(C(=O)O)C(CC#N)C3)c3cnc(-c4cccc5ccc(F)c(Cl)c45)c(F)c3n2)cc2ncccc21. The van der Waals surface area contributed by atoms with Crippen molar-refractivity contribution in [3.8, 4) is 23.3 Å². The van der Waals surface area contributed by atoms with Crippen molar-refractivity contribution in [2.45, 2.75) is 51.5 Å². The molecule has 1 unspecified atom stereocenters. The lowest BCUT2D eigenvalue weighted by atomic mass is 10.0. The number of amides is 1. The first-order valence-electron chi connectivity index (χ1n) is 17.4. The number of rotatable bonds is 11. The Balaban J connectivity index is 1.30. The molecule has 0 saturated carbocycles. The normalized spacial score (nSPS) is 14.9. The van der Waals surface area contributed by atoms with E-state index in [1.807, 2.05) is 22.8 Å². The first kappa shape index (κ1) is 36.9. The summed E-state index contributed by atoms with van der Waals surface area (Å²) >= 11 is 6.42. The van der Waals surface area contributed by atoms with Crippen LogP contribution in [0, 0.1) is 23.0 Å². The van der Waals surface area contributed by atoms with Crippen molar-refractivity contribution in [3.63, 3.8) is 0 Å². The fourth-order valence-electron chi connectivity index (χ4n) is 6.69. The minimum absolute atomic E-state index is 0.0136. The van der Waals surface area contributed by atoms with Gasteiger partial charge < -0.3 is 28.9 Å². The number of fused-ring (bicyclic) bond motifs is 3. The molecule has 1 fully saturated rings. The molecular weight excluding hydrogens is 734 g/mol. The van der Waals surface area contributed by atoms with Gasteiger partial charge in [0, 0.05) is 57.7 Å². The third-order valence-corrected chi connectivity index (χ3v) is 11.6. The predicted molar refractivity (Wildman–Crippen MR) is 204 cm³/mol. The Hall–Kier alpha value is -5.43. The second-order valence-corrected chi connectivity index (χ2v) is 20.3. The van der Waals surface area contributed by atoms with E-state index >= 15 is 4.39 Å². The summed E-state index contributed by atoms with van der Waals surface area (Å²) in [5.41, 5.74) is 2.39. The fraction of sp³-hybridized carbons (Fsp3) is 0.316. The number of piperazine rings is 1. The van der Waals surface area contributed by atoms with Crippen molar-refractivity contribution in [3.05, 3.63) is 83.3 Å². The third-order valence-electron chi connectivity index (χ3n) is 9.51. The fourth-order valence-corrected chi connectivity index (χ4v) is 7.72. The van der Waals surface area contributed by atoms with E-state index in [9.17, 15) is 19.6 Å². The van der Waals surface area contributed by atoms with Gasteiger partial charge in [-0.1, -0.05) is 55.5 Å². The summed E-state index contributed by atoms with van der Waals surface area (Å²) in [6, 6.07) is 15.8. The first-order chi connectivity index (χ1) is 25.9. The van der Waals surface area contributed by atoms with Crippen LogP contribution in [0.4, 0.5) is 19.4 Å². The maximum absolute atomic E-state index is 16.9. The molecule has 2 aromatic carbocycles. The summed E-state index contributed by atoms with van der Waals surface area (Å²) in [7, 11) is -1.31. The molecule has 16 heteroatoms. The Labute approximate surface area is 315 Å². The smallest absolute Gasteiger partial charge is 0.407 e. The van der Waals surface area contributed by atoms with Gasteiger partial charge in [-0.05, 0) is 35.7 Å². The number of hydrogen-bond donors (Lipinski definition) is 1. The van der Waals surface area contributed by atoms with E-state index in [0.29, 0.717) is 17.4 Å². The average molecular weight is 771 g/mol. The van der Waals surface area contributed by atoms with Crippen LogP contribution in [-0.4, -0.2) is 81.0 Å². The van der Waals surface area contributed by atoms with Gasteiger partial charge in [-0.2, -0.15) is 15.2 Å². The first-order valence-corrected chi connectivity index (χ1v) is 21.5. The Morgan fingerprint density at radius 2 is 1.94 bits per heavy atom. The van der Waals surface area contributed by atoms with E-state index < -0.39 is 31.8 Å². The third kappa shape index (κ3) is 7.37. The molecule has 1 amide bonds. The number of carbonyl (C=O) groups is 1. The molecule has 5 heterocycles. The zero-order chi connectivity index (χ0) is 38.1. The van der Waals surface area contributed by atoms with Crippen LogP contribution in [0.2, 0.25) is 30.7 Å². The van der Waals surface area contributed by atoms with Gasteiger partial charge in [0.05, 0.1) is 45.7 Å². The summed E-state index contributed by atoms with van der Waals surface area (Å²) in [6.45, 7) is 8.14. The van der Waals surface area contributed by atoms with Gasteiger partial charge in [0.2, 0.25) is 0 Å². The zero-order valence-corrected chi connectivity index (χ0v) is 31.6. The van der Waals surface area contributed by atoms with Crippen LogP contribution in [0.3, 0.4) is 0 Å². The number of nitrogens with zero attached hydrogens (tertiary/aromatic N) is 8. The van der Waals surface area contributed by atoms with E-state index in [0.717, 1.165) is 22.8 Å². The molecule has 12 nitrogen and oxygen atoms in total. The van der Waals surface area contributed by atoms with Crippen LogP contribution in [0.5, 0.6) is 6.01 Å². The number of aromatic nitrogens is 5. The van der Waals surface area contributed by atoms with Gasteiger partial charge in [-0.3, -0.25) is 9.97 Å². The lowest BCUT2D eigenvalue weighted by Gasteiger charge is -2.39. The van der Waals surface area contributed by atoms with Gasteiger partial charge in [-0.25, -0.2) is 13.6 Å². The predicted octanol–water partition coefficient (Wildman–Crippen LogP) is 8.10. The lowest BCUT2D eigenvalue weighted by Crippen LogP contribution is -2.55. The second-order valence-electron chi connectivity index (χ2n) is 14.3. The molecule has 1 aliphatic heterocycles. The van der Waals surface area contributed by atoms with Crippen molar-refractivity contribution in [2.24, 2.45) is 0 Å². The topological polar surface area (TPSA) is 143 Å². The van der Waals surface area contributed by atoms with Crippen molar-refractivity contribution in [1.82, 2.24) is 29.4 Å². The highest BCUT2D eigenvalue weighted by atomic mass is 35.5. The molecule has 1 N–H and O–H groups in total. The van der Waals surface area contributed by atoms with Gasteiger partial charge in [-0.15, -0.1) is 0 Å². The quantitative estimate of drug-likeness (QED) is 0.101. The molecule has 0 bridgehead atoms. The van der Waals surface area contributed by atoms with E-state index in [1.165, 1.54) is 17.2 Å². The molecule has 0 spiro atoms. The molecule has 1 aliphatic rings. The molecule has 4 aromatic heterocycles. The molecule has 1 saturated heterocycles. The van der Waals surface area contributed by atoms with E-state index in [1.54, 1.807) is 35.4 Å². The second kappa shape index (κ2) is 15.1. The number of carboxylic acid groups (broad SMARTS) is 1. The largest absolute Gasteiger partial charge is 0.465 e. The van der Waals surface area contributed by atoms with Crippen LogP contribution in [0.15, 0.2) is 60.9 Å². The summed E-state index contributed by atoms with van der Waals surface area (Å²) in [4.78, 5) is 33.3. The maximum atomic E-state index is 16.9. The molecule has 0 aliphatic carbocycles. The number of pyridine rings is 2. The van der Waals surface area contributed by atoms with Gasteiger partial charge in [0.25, 0.3) is 0 Å². The summed E-state index contributed by atoms with van der Waals surface area (Å²) in [6.07, 6.45) is 1.95. The Kier molecular flexibility index (Phi) is 10.3. The van der Waals surface area contributed by atoms with Crippen molar-refractivity contribution >= 4 is 64.3 Å². The van der Waals surface area contributed by atoms with E-state index in [-0.39, 0.29) is 78.4 Å². The standard InChI is InChI=1S/C38H37ClF2N8O4Si/c1-54(2,3)17-16-52-22-49-25(18-29-30(49)8-5-13-43-29)21-53-37-45-35-27(36(46-37)47-14-15-48(38(50)51)24(20-47)11-12-42)19-44-34(33(35)41)26-7-4-6-23-9-10-28(40)32(39)31(23)26/h4-10,13,18-19,24H,11,14-17,20-22H2,1-3H3,(H,50,51). The number of anilines is 1. The van der Waals surface area contributed by atoms with Crippen LogP contribution >= 0.6 is 11.6 Å². The highest BCUT2D eigenvalue weighted by Gasteiger charge is 2.33. The highest BCUT2D eigenvalue weighted by molar-refractivity contribution is 6.76. The monoisotopic (exact) mass is 770 g/mol. The summed E-state index contributed by atoms with van der Waals surface area (Å²) in [5, 5.41) is 20.3. The molecular formula is C38H37ClF2N8O4Si. The highest BCUT2D eigenvalue weighted by Crippen LogP contribution is 2.38. The van der Waals surface area contributed by atoms with Crippen LogP contribution in [0.25, 0.3) is 44.0 Å². The Bertz CT molecular complexity index is 2440. The van der Waals surface area contributed by atoms with Crippen LogP contribution in [-0.2, 0) is 18.1 Å². The molecule has 54 heavy (non-hydrogen) atoms. The van der Waals surface area contributed by atoms with Crippen molar-refractivity contribution in [1.29, 1.82) is 5.26 Å². The molecule has 278 valence electrons. The molecule has 0 radical (unpaired) electrons. The average Bonchev–Trinajstić information content (AvgIpc) is 3.50. The summed E-state index contributed by atoms with van der Waals surface area (Å²) in [5.74, 6) is -1.19. The zero-order valence-electron chi connectivity index (χ0n) is 29.9. The number of hydrogen-bond acceptors (Lipinski definition) is 9. The molecule has 7 rings (SSSR count). The molecule has 1 atom stereocenters. The summed E-state index contributed by atoms with van der Waals surface area (Å²) < 4.78 is 45.9.